The van der Waals surface area contributed by atoms with E-state index in [1.807, 2.05) is 24.3 Å². The van der Waals surface area contributed by atoms with E-state index < -0.39 is 12.0 Å². The number of amides is 2. The van der Waals surface area contributed by atoms with E-state index in [2.05, 4.69) is 5.32 Å². The van der Waals surface area contributed by atoms with Gasteiger partial charge < -0.3 is 19.7 Å². The van der Waals surface area contributed by atoms with Crippen LogP contribution < -0.4 is 5.32 Å². The molecule has 0 fully saturated rings. The van der Waals surface area contributed by atoms with E-state index in [-0.39, 0.29) is 24.0 Å². The van der Waals surface area contributed by atoms with E-state index in [4.69, 9.17) is 9.52 Å². The Morgan fingerprint density at radius 2 is 1.86 bits per heavy atom. The van der Waals surface area contributed by atoms with Crippen LogP contribution in [0.25, 0.3) is 0 Å². The van der Waals surface area contributed by atoms with Gasteiger partial charge in [0.05, 0.1) is 6.26 Å². The van der Waals surface area contributed by atoms with Crippen LogP contribution in [-0.4, -0.2) is 40.4 Å². The minimum Gasteiger partial charge on any atom is -0.481 e. The van der Waals surface area contributed by atoms with Crippen LogP contribution in [0, 0.1) is 0 Å². The predicted octanol–water partition coefficient (Wildman–Crippen LogP) is 2.61. The van der Waals surface area contributed by atoms with E-state index in [0.717, 1.165) is 17.5 Å². The first-order chi connectivity index (χ1) is 13.6. The third-order valence-electron chi connectivity index (χ3n) is 4.91. The Labute approximate surface area is 163 Å². The minimum atomic E-state index is -0.808. The number of nitrogens with zero attached hydrogens (tertiary/aromatic N) is 1. The molecule has 7 heteroatoms. The van der Waals surface area contributed by atoms with Crippen LogP contribution >= 0.6 is 0 Å². The Morgan fingerprint density at radius 1 is 1.07 bits per heavy atom. The summed E-state index contributed by atoms with van der Waals surface area (Å²) < 4.78 is 5.24. The van der Waals surface area contributed by atoms with Gasteiger partial charge >= 0.3 is 5.97 Å². The number of hydrogen-bond donors (Lipinski definition) is 2. The predicted molar refractivity (Wildman–Crippen MR) is 102 cm³/mol. The summed E-state index contributed by atoms with van der Waals surface area (Å²) in [6.07, 6.45) is 4.05. The number of fused-ring (bicyclic) bond motifs is 1. The smallest absolute Gasteiger partial charge is 0.303 e. The van der Waals surface area contributed by atoms with Gasteiger partial charge in [0.15, 0.2) is 5.76 Å². The molecule has 2 N–H and O–H groups in total. The minimum absolute atomic E-state index is 0.138. The molecule has 1 atom stereocenters. The van der Waals surface area contributed by atoms with Gasteiger partial charge in [-0.1, -0.05) is 30.7 Å². The summed E-state index contributed by atoms with van der Waals surface area (Å²) in [7, 11) is 0. The number of unbranched alkanes of at least 4 members (excludes halogenated alkanes) is 2. The molecule has 1 aromatic carbocycles. The largest absolute Gasteiger partial charge is 0.481 e. The van der Waals surface area contributed by atoms with Gasteiger partial charge in [0.25, 0.3) is 5.91 Å². The highest BCUT2D eigenvalue weighted by atomic mass is 16.4. The third-order valence-corrected chi connectivity index (χ3v) is 4.91. The van der Waals surface area contributed by atoms with Crippen molar-refractivity contribution >= 4 is 17.8 Å². The zero-order valence-corrected chi connectivity index (χ0v) is 15.6. The molecule has 0 spiro atoms. The lowest BCUT2D eigenvalue weighted by atomic mass is 9.93. The molecule has 1 unspecified atom stereocenters. The van der Waals surface area contributed by atoms with E-state index in [1.165, 1.54) is 6.26 Å². The van der Waals surface area contributed by atoms with E-state index >= 15 is 0 Å². The highest BCUT2D eigenvalue weighted by Crippen LogP contribution is 2.25. The number of furan rings is 1. The van der Waals surface area contributed by atoms with E-state index in [0.29, 0.717) is 32.4 Å². The number of aliphatic carboxylic acids is 1. The van der Waals surface area contributed by atoms with Gasteiger partial charge in [0.1, 0.15) is 6.04 Å². The van der Waals surface area contributed by atoms with Crippen molar-refractivity contribution in [2.75, 3.05) is 6.54 Å². The molecular formula is C21H24N2O5. The summed E-state index contributed by atoms with van der Waals surface area (Å²) in [5.74, 6) is -1.10. The average molecular weight is 384 g/mol. The topological polar surface area (TPSA) is 99.9 Å². The Kier molecular flexibility index (Phi) is 6.47. The Balaban J connectivity index is 1.64. The van der Waals surface area contributed by atoms with E-state index in [9.17, 15) is 14.4 Å². The molecule has 3 rings (SSSR count). The van der Waals surface area contributed by atoms with Crippen LogP contribution in [0.15, 0.2) is 47.1 Å². The molecule has 148 valence electrons. The summed E-state index contributed by atoms with van der Waals surface area (Å²) in [5, 5.41) is 11.5. The summed E-state index contributed by atoms with van der Waals surface area (Å²) in [6, 6.07) is 10.4. The number of carboxylic acids is 1. The second kappa shape index (κ2) is 9.21. The fourth-order valence-corrected chi connectivity index (χ4v) is 3.42. The van der Waals surface area contributed by atoms with E-state index in [1.54, 1.807) is 17.0 Å². The molecule has 7 nitrogen and oxygen atoms in total. The van der Waals surface area contributed by atoms with Crippen molar-refractivity contribution in [1.82, 2.24) is 10.2 Å². The highest BCUT2D eigenvalue weighted by molar-refractivity contribution is 5.96. The van der Waals surface area contributed by atoms with Crippen LogP contribution in [0.1, 0.15) is 47.4 Å². The lowest BCUT2D eigenvalue weighted by molar-refractivity contribution is -0.137. The number of carboxylic acid groups (broad SMARTS) is 1. The number of carbonyl (C=O) groups is 3. The van der Waals surface area contributed by atoms with Crippen molar-refractivity contribution in [2.24, 2.45) is 0 Å². The van der Waals surface area contributed by atoms with Gasteiger partial charge in [-0.15, -0.1) is 0 Å². The zero-order valence-electron chi connectivity index (χ0n) is 15.6. The molecular weight excluding hydrogens is 360 g/mol. The first-order valence-corrected chi connectivity index (χ1v) is 9.47. The lowest BCUT2D eigenvalue weighted by Crippen LogP contribution is -2.52. The molecule has 2 heterocycles. The second-order valence-electron chi connectivity index (χ2n) is 6.89. The Morgan fingerprint density at radius 3 is 2.57 bits per heavy atom. The van der Waals surface area contributed by atoms with Crippen molar-refractivity contribution in [1.29, 1.82) is 0 Å². The van der Waals surface area contributed by atoms with Crippen LogP contribution in [0.3, 0.4) is 0 Å². The first-order valence-electron chi connectivity index (χ1n) is 9.47. The average Bonchev–Trinajstić information content (AvgIpc) is 3.23. The standard InChI is InChI=1S/C21H24N2O5/c24-19(25)10-2-1-5-11-22-20(26)17-13-15-7-3-4-8-16(15)14-23(17)21(27)18-9-6-12-28-18/h3-4,6-9,12,17H,1-2,5,10-11,13-14H2,(H,22,26)(H,24,25). The second-order valence-corrected chi connectivity index (χ2v) is 6.89. The molecule has 0 radical (unpaired) electrons. The molecule has 0 saturated heterocycles. The van der Waals surface area contributed by atoms with Gasteiger partial charge in [0.2, 0.25) is 5.91 Å². The third kappa shape index (κ3) is 4.79. The SMILES string of the molecule is O=C(O)CCCCCNC(=O)C1Cc2ccccc2CN1C(=O)c1ccco1. The highest BCUT2D eigenvalue weighted by Gasteiger charge is 2.35. The normalized spacial score (nSPS) is 15.7. The van der Waals surface area contributed by atoms with Crippen LogP contribution in [0.2, 0.25) is 0 Å². The summed E-state index contributed by atoms with van der Waals surface area (Å²) in [6.45, 7) is 0.811. The van der Waals surface area contributed by atoms with Crippen molar-refractivity contribution in [3.8, 4) is 0 Å². The van der Waals surface area contributed by atoms with Gasteiger partial charge in [-0.05, 0) is 36.1 Å². The maximum absolute atomic E-state index is 12.9. The van der Waals surface area contributed by atoms with Crippen molar-refractivity contribution in [3.63, 3.8) is 0 Å². The molecule has 1 aliphatic heterocycles. The number of nitrogens with one attached hydrogen (secondary N) is 1. The maximum atomic E-state index is 12.9. The van der Waals surface area contributed by atoms with Gasteiger partial charge in [-0.2, -0.15) is 0 Å². The molecule has 0 saturated carbocycles. The van der Waals surface area contributed by atoms with Gasteiger partial charge in [-0.25, -0.2) is 0 Å². The van der Waals surface area contributed by atoms with Gasteiger partial charge in [-0.3, -0.25) is 14.4 Å². The molecule has 1 aliphatic rings. The fraction of sp³-hybridized carbons (Fsp3) is 0.381. The number of rotatable bonds is 8. The number of benzene rings is 1. The molecule has 28 heavy (non-hydrogen) atoms. The first kappa shape index (κ1) is 19.7. The van der Waals surface area contributed by atoms with Crippen LogP contribution in [0.5, 0.6) is 0 Å². The van der Waals surface area contributed by atoms with Crippen LogP contribution in [0.4, 0.5) is 0 Å². The van der Waals surface area contributed by atoms with Gasteiger partial charge in [0, 0.05) is 25.9 Å². The number of hydrogen-bond acceptors (Lipinski definition) is 4. The Hall–Kier alpha value is -3.09. The molecule has 0 bridgehead atoms. The van der Waals surface area contributed by atoms with Crippen molar-refractivity contribution in [3.05, 3.63) is 59.5 Å². The molecule has 2 amide bonds. The quantitative estimate of drug-likeness (QED) is 0.682. The summed E-state index contributed by atoms with van der Waals surface area (Å²) in [4.78, 5) is 37.8. The molecule has 0 aliphatic carbocycles. The Bertz CT molecular complexity index is 831. The van der Waals surface area contributed by atoms with Crippen LogP contribution in [-0.2, 0) is 22.6 Å². The molecule has 2 aromatic rings. The van der Waals surface area contributed by atoms with Crippen molar-refractivity contribution < 1.29 is 23.9 Å². The lowest BCUT2D eigenvalue weighted by Gasteiger charge is -2.35. The van der Waals surface area contributed by atoms with Crippen molar-refractivity contribution in [2.45, 2.75) is 44.7 Å². The maximum Gasteiger partial charge on any atom is 0.303 e. The monoisotopic (exact) mass is 384 g/mol. The fourth-order valence-electron chi connectivity index (χ4n) is 3.42. The molecule has 1 aromatic heterocycles. The summed E-state index contributed by atoms with van der Waals surface area (Å²) >= 11 is 0. The zero-order chi connectivity index (χ0) is 19.9. The number of carbonyl (C=O) groups excluding carboxylic acids is 2. The summed E-state index contributed by atoms with van der Waals surface area (Å²) in [5.41, 5.74) is 2.09.